The van der Waals surface area contributed by atoms with Crippen LogP contribution in [0.25, 0.3) is 0 Å². The van der Waals surface area contributed by atoms with Crippen molar-refractivity contribution >= 4 is 5.91 Å². The summed E-state index contributed by atoms with van der Waals surface area (Å²) in [5.74, 6) is -1.08. The maximum absolute atomic E-state index is 11.9. The molecule has 0 spiro atoms. The van der Waals surface area contributed by atoms with Crippen LogP contribution >= 0.6 is 0 Å². The van der Waals surface area contributed by atoms with Gasteiger partial charge < -0.3 is 15.5 Å². The molecule has 19 heavy (non-hydrogen) atoms. The van der Waals surface area contributed by atoms with Crippen molar-refractivity contribution in [1.82, 2.24) is 5.32 Å². The van der Waals surface area contributed by atoms with E-state index >= 15 is 0 Å². The van der Waals surface area contributed by atoms with E-state index in [4.69, 9.17) is 0 Å². The molecule has 0 aromatic heterocycles. The normalized spacial score (nSPS) is 11.3. The molecule has 0 heterocycles. The minimum Gasteiger partial charge on any atom is -0.508 e. The van der Waals surface area contributed by atoms with Gasteiger partial charge in [-0.3, -0.25) is 4.79 Å². The van der Waals surface area contributed by atoms with Crippen LogP contribution in [0.1, 0.15) is 29.6 Å². The molecule has 0 bridgehead atoms. The zero-order valence-electron chi connectivity index (χ0n) is 10.00. The highest BCUT2D eigenvalue weighted by molar-refractivity contribution is 5.94. The number of benzene rings is 1. The number of phenols is 2. The summed E-state index contributed by atoms with van der Waals surface area (Å²) in [5, 5.41) is 20.8. The van der Waals surface area contributed by atoms with Crippen LogP contribution < -0.4 is 5.32 Å². The number of carbonyl (C=O) groups excluding carboxylic acids is 1. The van der Waals surface area contributed by atoms with Crippen molar-refractivity contribution in [3.05, 3.63) is 23.8 Å². The molecule has 3 N–H and O–H groups in total. The SMILES string of the molecule is O=C(NCCCCC(F)(F)F)c1cc(O)cc(O)c1. The Morgan fingerprint density at radius 1 is 1.11 bits per heavy atom. The van der Waals surface area contributed by atoms with Crippen LogP contribution in [-0.4, -0.2) is 28.8 Å². The number of amides is 1. The van der Waals surface area contributed by atoms with Crippen LogP contribution in [0.4, 0.5) is 13.2 Å². The summed E-state index contributed by atoms with van der Waals surface area (Å²) >= 11 is 0. The van der Waals surface area contributed by atoms with E-state index in [-0.39, 0.29) is 36.4 Å². The first kappa shape index (κ1) is 15.1. The molecule has 1 aromatic rings. The van der Waals surface area contributed by atoms with Gasteiger partial charge in [-0.25, -0.2) is 0 Å². The van der Waals surface area contributed by atoms with Gasteiger partial charge in [-0.15, -0.1) is 0 Å². The molecule has 1 rings (SSSR count). The van der Waals surface area contributed by atoms with Gasteiger partial charge in [0.25, 0.3) is 5.91 Å². The van der Waals surface area contributed by atoms with Crippen molar-refractivity contribution in [2.75, 3.05) is 6.54 Å². The summed E-state index contributed by atoms with van der Waals surface area (Å²) in [6, 6.07) is 3.38. The van der Waals surface area contributed by atoms with E-state index in [0.717, 1.165) is 18.2 Å². The minimum absolute atomic E-state index is 0.0494. The van der Waals surface area contributed by atoms with Crippen LogP contribution in [0, 0.1) is 0 Å². The van der Waals surface area contributed by atoms with Gasteiger partial charge in [-0.2, -0.15) is 13.2 Å². The van der Waals surface area contributed by atoms with Crippen molar-refractivity contribution in [3.8, 4) is 11.5 Å². The molecule has 0 aliphatic rings. The minimum atomic E-state index is -4.18. The third kappa shape index (κ3) is 5.98. The van der Waals surface area contributed by atoms with Crippen molar-refractivity contribution in [2.24, 2.45) is 0 Å². The molecule has 0 saturated carbocycles. The van der Waals surface area contributed by atoms with E-state index < -0.39 is 18.5 Å². The fraction of sp³-hybridized carbons (Fsp3) is 0.417. The number of aromatic hydroxyl groups is 2. The van der Waals surface area contributed by atoms with Crippen molar-refractivity contribution in [2.45, 2.75) is 25.4 Å². The Labute approximate surface area is 107 Å². The first-order chi connectivity index (χ1) is 8.78. The standard InChI is InChI=1S/C12H14F3NO3/c13-12(14,15)3-1-2-4-16-11(19)8-5-9(17)7-10(18)6-8/h5-7,17-18H,1-4H2,(H,16,19). The van der Waals surface area contributed by atoms with E-state index in [0.29, 0.717) is 0 Å². The first-order valence-corrected chi connectivity index (χ1v) is 5.66. The maximum atomic E-state index is 11.9. The highest BCUT2D eigenvalue weighted by Crippen LogP contribution is 2.22. The molecule has 4 nitrogen and oxygen atoms in total. The first-order valence-electron chi connectivity index (χ1n) is 5.66. The number of rotatable bonds is 5. The molecule has 1 amide bonds. The van der Waals surface area contributed by atoms with E-state index in [9.17, 15) is 28.2 Å². The number of phenolic OH excluding ortho intramolecular Hbond substituents is 2. The Kier molecular flexibility index (Phi) is 5.02. The number of alkyl halides is 3. The topological polar surface area (TPSA) is 69.6 Å². The molecular formula is C12H14F3NO3. The number of nitrogens with one attached hydrogen (secondary N) is 1. The quantitative estimate of drug-likeness (QED) is 0.724. The third-order valence-corrected chi connectivity index (χ3v) is 2.34. The maximum Gasteiger partial charge on any atom is 0.389 e. The monoisotopic (exact) mass is 277 g/mol. The van der Waals surface area contributed by atoms with Gasteiger partial charge in [0.15, 0.2) is 0 Å². The largest absolute Gasteiger partial charge is 0.508 e. The zero-order chi connectivity index (χ0) is 14.5. The molecule has 0 unspecified atom stereocenters. The predicted molar refractivity (Wildman–Crippen MR) is 62.0 cm³/mol. The average Bonchev–Trinajstić information content (AvgIpc) is 2.25. The Hall–Kier alpha value is -1.92. The molecule has 0 saturated heterocycles. The zero-order valence-corrected chi connectivity index (χ0v) is 10.00. The fourth-order valence-electron chi connectivity index (χ4n) is 1.48. The van der Waals surface area contributed by atoms with Gasteiger partial charge in [0, 0.05) is 24.6 Å². The lowest BCUT2D eigenvalue weighted by atomic mass is 10.2. The summed E-state index contributed by atoms with van der Waals surface area (Å²) < 4.78 is 35.6. The smallest absolute Gasteiger partial charge is 0.389 e. The van der Waals surface area contributed by atoms with Crippen LogP contribution in [0.5, 0.6) is 11.5 Å². The van der Waals surface area contributed by atoms with Gasteiger partial charge in [0.05, 0.1) is 0 Å². The fourth-order valence-corrected chi connectivity index (χ4v) is 1.48. The average molecular weight is 277 g/mol. The summed E-state index contributed by atoms with van der Waals surface area (Å²) in [7, 11) is 0. The highest BCUT2D eigenvalue weighted by Gasteiger charge is 2.25. The summed E-state index contributed by atoms with van der Waals surface area (Å²) in [5.41, 5.74) is 0.0494. The summed E-state index contributed by atoms with van der Waals surface area (Å²) in [4.78, 5) is 11.6. The van der Waals surface area contributed by atoms with Crippen molar-refractivity contribution in [1.29, 1.82) is 0 Å². The number of carbonyl (C=O) groups is 1. The third-order valence-electron chi connectivity index (χ3n) is 2.34. The van der Waals surface area contributed by atoms with Crippen LogP contribution in [0.3, 0.4) is 0 Å². The molecule has 0 atom stereocenters. The van der Waals surface area contributed by atoms with E-state index in [1.165, 1.54) is 0 Å². The van der Waals surface area contributed by atoms with Crippen LogP contribution in [0.15, 0.2) is 18.2 Å². The molecule has 7 heteroatoms. The molecule has 0 radical (unpaired) electrons. The molecule has 0 aliphatic carbocycles. The van der Waals surface area contributed by atoms with Gasteiger partial charge in [0.1, 0.15) is 11.5 Å². The van der Waals surface area contributed by atoms with E-state index in [1.807, 2.05) is 0 Å². The molecule has 1 aromatic carbocycles. The van der Waals surface area contributed by atoms with Gasteiger partial charge in [-0.05, 0) is 25.0 Å². The van der Waals surface area contributed by atoms with Gasteiger partial charge in [-0.1, -0.05) is 0 Å². The second-order valence-electron chi connectivity index (χ2n) is 4.07. The lowest BCUT2D eigenvalue weighted by Gasteiger charge is -2.07. The van der Waals surface area contributed by atoms with Crippen molar-refractivity contribution in [3.63, 3.8) is 0 Å². The Balaban J connectivity index is 2.35. The van der Waals surface area contributed by atoms with E-state index in [1.54, 1.807) is 0 Å². The molecule has 0 fully saturated rings. The van der Waals surface area contributed by atoms with Crippen molar-refractivity contribution < 1.29 is 28.2 Å². The number of hydrogen-bond acceptors (Lipinski definition) is 3. The Morgan fingerprint density at radius 2 is 1.68 bits per heavy atom. The predicted octanol–water partition coefficient (Wildman–Crippen LogP) is 2.56. The molecule has 0 aliphatic heterocycles. The summed E-state index contributed by atoms with van der Waals surface area (Å²) in [6.45, 7) is 0.103. The number of halogens is 3. The van der Waals surface area contributed by atoms with Gasteiger partial charge in [0.2, 0.25) is 0 Å². The number of hydrogen-bond donors (Lipinski definition) is 3. The highest BCUT2D eigenvalue weighted by atomic mass is 19.4. The molecule has 106 valence electrons. The second kappa shape index (κ2) is 6.31. The second-order valence-corrected chi connectivity index (χ2v) is 4.07. The van der Waals surface area contributed by atoms with Crippen LogP contribution in [0.2, 0.25) is 0 Å². The summed E-state index contributed by atoms with van der Waals surface area (Å²) in [6.07, 6.45) is -4.91. The molecular weight excluding hydrogens is 263 g/mol. The lowest BCUT2D eigenvalue weighted by Crippen LogP contribution is -2.24. The van der Waals surface area contributed by atoms with Gasteiger partial charge >= 0.3 is 6.18 Å². The van der Waals surface area contributed by atoms with E-state index in [2.05, 4.69) is 5.32 Å². The number of unbranched alkanes of at least 4 members (excludes halogenated alkanes) is 1. The Bertz CT molecular complexity index is 426. The lowest BCUT2D eigenvalue weighted by molar-refractivity contribution is -0.135. The Morgan fingerprint density at radius 3 is 2.21 bits per heavy atom. The van der Waals surface area contributed by atoms with Crippen LogP contribution in [-0.2, 0) is 0 Å².